The quantitative estimate of drug-likeness (QED) is 0.651. The zero-order valence-corrected chi connectivity index (χ0v) is 7.85. The van der Waals surface area contributed by atoms with E-state index in [1.807, 2.05) is 35.0 Å². The molecule has 0 N–H and O–H groups in total. The van der Waals surface area contributed by atoms with Gasteiger partial charge in [0.05, 0.1) is 11.6 Å². The SMILES string of the molecule is Cl.ClCc1cn2ccccc2n1. The van der Waals surface area contributed by atoms with Crippen molar-refractivity contribution in [3.8, 4) is 0 Å². The summed E-state index contributed by atoms with van der Waals surface area (Å²) in [4.78, 5) is 4.26. The molecule has 12 heavy (non-hydrogen) atoms. The fraction of sp³-hybridized carbons (Fsp3) is 0.125. The van der Waals surface area contributed by atoms with Crippen molar-refractivity contribution in [3.63, 3.8) is 0 Å². The fourth-order valence-electron chi connectivity index (χ4n) is 1.05. The molecule has 0 saturated carbocycles. The Morgan fingerprint density at radius 2 is 2.25 bits per heavy atom. The third kappa shape index (κ3) is 1.54. The molecular weight excluding hydrogens is 195 g/mol. The van der Waals surface area contributed by atoms with Crippen LogP contribution in [-0.4, -0.2) is 9.38 Å². The van der Waals surface area contributed by atoms with Gasteiger partial charge in [-0.2, -0.15) is 0 Å². The summed E-state index contributed by atoms with van der Waals surface area (Å²) >= 11 is 5.62. The number of imidazole rings is 1. The summed E-state index contributed by atoms with van der Waals surface area (Å²) in [5, 5.41) is 0. The molecule has 0 aromatic carbocycles. The second-order valence-electron chi connectivity index (χ2n) is 2.33. The van der Waals surface area contributed by atoms with E-state index >= 15 is 0 Å². The van der Waals surface area contributed by atoms with Crippen LogP contribution in [0.15, 0.2) is 30.6 Å². The van der Waals surface area contributed by atoms with Crippen LogP contribution in [0, 0.1) is 0 Å². The van der Waals surface area contributed by atoms with E-state index in [-0.39, 0.29) is 12.4 Å². The lowest BCUT2D eigenvalue weighted by Crippen LogP contribution is -1.77. The summed E-state index contributed by atoms with van der Waals surface area (Å²) in [6.45, 7) is 0. The minimum atomic E-state index is 0. The monoisotopic (exact) mass is 202 g/mol. The highest BCUT2D eigenvalue weighted by Crippen LogP contribution is 2.05. The Labute approximate surface area is 81.6 Å². The molecule has 64 valence electrons. The second kappa shape index (κ2) is 3.78. The largest absolute Gasteiger partial charge is 0.307 e. The standard InChI is InChI=1S/C8H7ClN2.ClH/c9-5-7-6-11-4-2-1-3-8(11)10-7;/h1-4,6H,5H2;1H. The minimum Gasteiger partial charge on any atom is -0.307 e. The molecular formula is C8H8Cl2N2. The number of nitrogens with zero attached hydrogens (tertiary/aromatic N) is 2. The van der Waals surface area contributed by atoms with Gasteiger partial charge in [0.25, 0.3) is 0 Å². The molecule has 0 spiro atoms. The van der Waals surface area contributed by atoms with Crippen molar-refractivity contribution in [1.82, 2.24) is 9.38 Å². The Hall–Kier alpha value is -0.730. The van der Waals surface area contributed by atoms with Crippen molar-refractivity contribution in [2.75, 3.05) is 0 Å². The van der Waals surface area contributed by atoms with Crippen LogP contribution < -0.4 is 0 Å². The van der Waals surface area contributed by atoms with Crippen LogP contribution >= 0.6 is 24.0 Å². The van der Waals surface area contributed by atoms with Gasteiger partial charge in [-0.05, 0) is 12.1 Å². The topological polar surface area (TPSA) is 17.3 Å². The third-order valence-corrected chi connectivity index (χ3v) is 1.82. The zero-order valence-electron chi connectivity index (χ0n) is 6.27. The molecule has 0 amide bonds. The predicted octanol–water partition coefficient (Wildman–Crippen LogP) is 2.49. The Kier molecular flexibility index (Phi) is 2.95. The molecule has 2 heterocycles. The maximum absolute atomic E-state index is 5.62. The van der Waals surface area contributed by atoms with Crippen molar-refractivity contribution in [3.05, 3.63) is 36.3 Å². The summed E-state index contributed by atoms with van der Waals surface area (Å²) in [6.07, 6.45) is 3.89. The van der Waals surface area contributed by atoms with Gasteiger partial charge in [-0.25, -0.2) is 4.98 Å². The summed E-state index contributed by atoms with van der Waals surface area (Å²) in [7, 11) is 0. The second-order valence-corrected chi connectivity index (χ2v) is 2.60. The van der Waals surface area contributed by atoms with Gasteiger partial charge in [0.1, 0.15) is 5.65 Å². The van der Waals surface area contributed by atoms with Crippen LogP contribution in [-0.2, 0) is 5.88 Å². The van der Waals surface area contributed by atoms with Crippen molar-refractivity contribution in [1.29, 1.82) is 0 Å². The summed E-state index contributed by atoms with van der Waals surface area (Å²) < 4.78 is 1.96. The number of pyridine rings is 1. The van der Waals surface area contributed by atoms with E-state index < -0.39 is 0 Å². The Bertz CT molecular complexity index is 337. The Balaban J connectivity index is 0.000000720. The van der Waals surface area contributed by atoms with Crippen molar-refractivity contribution in [2.45, 2.75) is 5.88 Å². The molecule has 2 aromatic rings. The number of hydrogen-bond donors (Lipinski definition) is 0. The predicted molar refractivity (Wildman–Crippen MR) is 52.0 cm³/mol. The van der Waals surface area contributed by atoms with Gasteiger partial charge in [0.2, 0.25) is 0 Å². The highest BCUT2D eigenvalue weighted by atomic mass is 35.5. The van der Waals surface area contributed by atoms with E-state index in [0.717, 1.165) is 11.3 Å². The van der Waals surface area contributed by atoms with E-state index in [4.69, 9.17) is 11.6 Å². The molecule has 4 heteroatoms. The van der Waals surface area contributed by atoms with E-state index in [2.05, 4.69) is 4.98 Å². The highest BCUT2D eigenvalue weighted by Gasteiger charge is 1.96. The smallest absolute Gasteiger partial charge is 0.137 e. The summed E-state index contributed by atoms with van der Waals surface area (Å²) in [5.41, 5.74) is 1.86. The van der Waals surface area contributed by atoms with Gasteiger partial charge in [-0.3, -0.25) is 0 Å². The maximum Gasteiger partial charge on any atom is 0.137 e. The first-order valence-electron chi connectivity index (χ1n) is 3.39. The fourth-order valence-corrected chi connectivity index (χ4v) is 1.18. The zero-order chi connectivity index (χ0) is 7.68. The summed E-state index contributed by atoms with van der Waals surface area (Å²) in [6, 6.07) is 5.88. The van der Waals surface area contributed by atoms with Crippen LogP contribution in [0.4, 0.5) is 0 Å². The average Bonchev–Trinajstić information content (AvgIpc) is 2.46. The van der Waals surface area contributed by atoms with Crippen molar-refractivity contribution >= 4 is 29.7 Å². The normalized spacial score (nSPS) is 9.75. The number of halogens is 2. The van der Waals surface area contributed by atoms with Crippen LogP contribution in [0.1, 0.15) is 5.69 Å². The van der Waals surface area contributed by atoms with Crippen LogP contribution in [0.3, 0.4) is 0 Å². The molecule has 0 fully saturated rings. The van der Waals surface area contributed by atoms with Gasteiger partial charge in [-0.15, -0.1) is 24.0 Å². The minimum absolute atomic E-state index is 0. The molecule has 0 radical (unpaired) electrons. The Morgan fingerprint density at radius 1 is 1.42 bits per heavy atom. The van der Waals surface area contributed by atoms with E-state index in [1.165, 1.54) is 0 Å². The first kappa shape index (κ1) is 9.36. The van der Waals surface area contributed by atoms with Crippen molar-refractivity contribution < 1.29 is 0 Å². The lowest BCUT2D eigenvalue weighted by Gasteiger charge is -1.86. The van der Waals surface area contributed by atoms with Gasteiger partial charge < -0.3 is 4.40 Å². The molecule has 0 bridgehead atoms. The molecule has 2 nitrogen and oxygen atoms in total. The number of aromatic nitrogens is 2. The van der Waals surface area contributed by atoms with E-state index in [1.54, 1.807) is 0 Å². The van der Waals surface area contributed by atoms with Crippen LogP contribution in [0.5, 0.6) is 0 Å². The molecule has 2 rings (SSSR count). The molecule has 0 aliphatic heterocycles. The number of hydrogen-bond acceptors (Lipinski definition) is 1. The first-order valence-corrected chi connectivity index (χ1v) is 3.92. The molecule has 0 aliphatic carbocycles. The molecule has 0 unspecified atom stereocenters. The molecule has 0 saturated heterocycles. The average molecular weight is 203 g/mol. The summed E-state index contributed by atoms with van der Waals surface area (Å²) in [5.74, 6) is 0.474. The molecule has 0 aliphatic rings. The Morgan fingerprint density at radius 3 is 2.92 bits per heavy atom. The van der Waals surface area contributed by atoms with E-state index in [0.29, 0.717) is 5.88 Å². The van der Waals surface area contributed by atoms with Crippen molar-refractivity contribution in [2.24, 2.45) is 0 Å². The number of alkyl halides is 1. The number of rotatable bonds is 1. The van der Waals surface area contributed by atoms with Gasteiger partial charge in [-0.1, -0.05) is 6.07 Å². The van der Waals surface area contributed by atoms with Gasteiger partial charge in [0.15, 0.2) is 0 Å². The third-order valence-electron chi connectivity index (χ3n) is 1.55. The molecule has 2 aromatic heterocycles. The lowest BCUT2D eigenvalue weighted by molar-refractivity contribution is 1.18. The number of fused-ring (bicyclic) bond motifs is 1. The van der Waals surface area contributed by atoms with E-state index in [9.17, 15) is 0 Å². The van der Waals surface area contributed by atoms with Crippen LogP contribution in [0.25, 0.3) is 5.65 Å². The van der Waals surface area contributed by atoms with Gasteiger partial charge >= 0.3 is 0 Å². The van der Waals surface area contributed by atoms with Crippen LogP contribution in [0.2, 0.25) is 0 Å². The first-order chi connectivity index (χ1) is 5.40. The molecule has 0 atom stereocenters. The highest BCUT2D eigenvalue weighted by molar-refractivity contribution is 6.16. The van der Waals surface area contributed by atoms with Gasteiger partial charge in [0, 0.05) is 12.4 Å². The maximum atomic E-state index is 5.62. The lowest BCUT2D eigenvalue weighted by atomic mass is 10.5.